The minimum atomic E-state index is 0.158. The zero-order valence-corrected chi connectivity index (χ0v) is 10.6. The fraction of sp³-hybridized carbons (Fsp3) is 0.214. The predicted octanol–water partition coefficient (Wildman–Crippen LogP) is 2.85. The molecule has 0 aliphatic rings. The minimum Gasteiger partial charge on any atom is -0.481 e. The van der Waals surface area contributed by atoms with Crippen molar-refractivity contribution in [1.82, 2.24) is 4.98 Å². The topological polar surface area (TPSA) is 60.2 Å². The average Bonchev–Trinajstić information content (AvgIpc) is 2.39. The number of hydrogen-bond donors (Lipinski definition) is 2. The molecule has 0 amide bonds. The Hall–Kier alpha value is -2.23. The maximum absolute atomic E-state index is 5.67. The maximum atomic E-state index is 5.67. The van der Waals surface area contributed by atoms with Crippen LogP contribution in [0.25, 0.3) is 0 Å². The number of nitrogens with zero attached hydrogens (tertiary/aromatic N) is 1. The molecule has 1 atom stereocenters. The molecule has 2 aromatic rings. The van der Waals surface area contributed by atoms with E-state index in [1.807, 2.05) is 42.5 Å². The first-order valence-electron chi connectivity index (χ1n) is 5.82. The zero-order chi connectivity index (χ0) is 13.0. The third kappa shape index (κ3) is 2.91. The summed E-state index contributed by atoms with van der Waals surface area (Å²) in [6.45, 7) is 2.08. The number of rotatable bonds is 4. The molecule has 0 fully saturated rings. The molecule has 1 unspecified atom stereocenters. The van der Waals surface area contributed by atoms with Crippen LogP contribution in [0.5, 0.6) is 5.88 Å². The number of pyridine rings is 1. The summed E-state index contributed by atoms with van der Waals surface area (Å²) in [4.78, 5) is 4.32. The Morgan fingerprint density at radius 2 is 1.89 bits per heavy atom. The molecular formula is C14H17N3O. The van der Waals surface area contributed by atoms with Crippen LogP contribution < -0.4 is 15.8 Å². The van der Waals surface area contributed by atoms with Crippen molar-refractivity contribution in [3.05, 3.63) is 48.0 Å². The van der Waals surface area contributed by atoms with E-state index in [9.17, 15) is 0 Å². The number of anilines is 2. The highest BCUT2D eigenvalue weighted by Gasteiger charge is 2.06. The molecule has 0 aliphatic heterocycles. The molecule has 1 heterocycles. The molecule has 1 aromatic carbocycles. The van der Waals surface area contributed by atoms with Gasteiger partial charge in [0, 0.05) is 17.8 Å². The molecule has 2 rings (SSSR count). The molecule has 0 radical (unpaired) electrons. The molecular weight excluding hydrogens is 226 g/mol. The fourth-order valence-electron chi connectivity index (χ4n) is 1.70. The van der Waals surface area contributed by atoms with Crippen molar-refractivity contribution < 1.29 is 4.74 Å². The van der Waals surface area contributed by atoms with Crippen LogP contribution >= 0.6 is 0 Å². The zero-order valence-electron chi connectivity index (χ0n) is 10.6. The Bertz CT molecular complexity index is 511. The normalized spacial score (nSPS) is 11.9. The second kappa shape index (κ2) is 5.40. The molecule has 94 valence electrons. The maximum Gasteiger partial charge on any atom is 0.214 e. The van der Waals surface area contributed by atoms with Crippen molar-refractivity contribution >= 4 is 11.5 Å². The summed E-state index contributed by atoms with van der Waals surface area (Å²) in [6.07, 6.45) is 0. The summed E-state index contributed by atoms with van der Waals surface area (Å²) in [5.41, 5.74) is 7.60. The number of nitrogens with two attached hydrogens (primary N) is 1. The minimum absolute atomic E-state index is 0.158. The summed E-state index contributed by atoms with van der Waals surface area (Å²) in [5.74, 6) is 1.39. The van der Waals surface area contributed by atoms with E-state index in [4.69, 9.17) is 10.5 Å². The van der Waals surface area contributed by atoms with E-state index in [0.717, 1.165) is 17.1 Å². The predicted molar refractivity (Wildman–Crippen MR) is 73.7 cm³/mol. The molecule has 0 spiro atoms. The van der Waals surface area contributed by atoms with Gasteiger partial charge in [0.05, 0.1) is 7.11 Å². The van der Waals surface area contributed by atoms with E-state index in [0.29, 0.717) is 5.88 Å². The SMILES string of the molecule is COc1cccc(NC(C)c2ccc(N)cc2)n1. The van der Waals surface area contributed by atoms with Crippen molar-refractivity contribution in [3.63, 3.8) is 0 Å². The van der Waals surface area contributed by atoms with Crippen LogP contribution in [0.2, 0.25) is 0 Å². The van der Waals surface area contributed by atoms with Crippen molar-refractivity contribution in [3.8, 4) is 5.88 Å². The summed E-state index contributed by atoms with van der Waals surface area (Å²) in [7, 11) is 1.61. The van der Waals surface area contributed by atoms with Gasteiger partial charge in [-0.15, -0.1) is 0 Å². The molecule has 18 heavy (non-hydrogen) atoms. The van der Waals surface area contributed by atoms with Gasteiger partial charge in [-0.3, -0.25) is 0 Å². The number of ether oxygens (including phenoxy) is 1. The van der Waals surface area contributed by atoms with Gasteiger partial charge in [0.1, 0.15) is 5.82 Å². The first-order valence-corrected chi connectivity index (χ1v) is 5.82. The highest BCUT2D eigenvalue weighted by Crippen LogP contribution is 2.20. The van der Waals surface area contributed by atoms with Crippen molar-refractivity contribution in [1.29, 1.82) is 0 Å². The molecule has 4 heteroatoms. The van der Waals surface area contributed by atoms with Crippen molar-refractivity contribution in [2.75, 3.05) is 18.2 Å². The lowest BCUT2D eigenvalue weighted by Gasteiger charge is -2.15. The second-order valence-corrected chi connectivity index (χ2v) is 4.10. The van der Waals surface area contributed by atoms with Gasteiger partial charge in [0.2, 0.25) is 5.88 Å². The Labute approximate surface area is 107 Å². The molecule has 1 aromatic heterocycles. The van der Waals surface area contributed by atoms with Crippen LogP contribution in [0.4, 0.5) is 11.5 Å². The Kier molecular flexibility index (Phi) is 3.67. The van der Waals surface area contributed by atoms with Gasteiger partial charge < -0.3 is 15.8 Å². The molecule has 4 nitrogen and oxygen atoms in total. The highest BCUT2D eigenvalue weighted by molar-refractivity contribution is 5.44. The van der Waals surface area contributed by atoms with Crippen LogP contribution in [-0.4, -0.2) is 12.1 Å². The lowest BCUT2D eigenvalue weighted by Crippen LogP contribution is -2.08. The summed E-state index contributed by atoms with van der Waals surface area (Å²) < 4.78 is 5.09. The van der Waals surface area contributed by atoms with Gasteiger partial charge >= 0.3 is 0 Å². The van der Waals surface area contributed by atoms with Gasteiger partial charge in [-0.2, -0.15) is 4.98 Å². The van der Waals surface area contributed by atoms with Crippen LogP contribution in [0, 0.1) is 0 Å². The largest absolute Gasteiger partial charge is 0.481 e. The summed E-state index contributed by atoms with van der Waals surface area (Å²) in [6, 6.07) is 13.6. The quantitative estimate of drug-likeness (QED) is 0.811. The van der Waals surface area contributed by atoms with Crippen molar-refractivity contribution in [2.24, 2.45) is 0 Å². The molecule has 0 aliphatic carbocycles. The second-order valence-electron chi connectivity index (χ2n) is 4.10. The Morgan fingerprint density at radius 1 is 1.17 bits per heavy atom. The van der Waals surface area contributed by atoms with Gasteiger partial charge in [-0.05, 0) is 30.7 Å². The fourth-order valence-corrected chi connectivity index (χ4v) is 1.70. The van der Waals surface area contributed by atoms with E-state index < -0.39 is 0 Å². The van der Waals surface area contributed by atoms with E-state index >= 15 is 0 Å². The molecule has 0 saturated heterocycles. The van der Waals surface area contributed by atoms with Gasteiger partial charge in [0.15, 0.2) is 0 Å². The van der Waals surface area contributed by atoms with E-state index in [1.165, 1.54) is 0 Å². The first kappa shape index (κ1) is 12.2. The number of benzene rings is 1. The highest BCUT2D eigenvalue weighted by atomic mass is 16.5. The number of aromatic nitrogens is 1. The summed E-state index contributed by atoms with van der Waals surface area (Å²) >= 11 is 0. The monoisotopic (exact) mass is 243 g/mol. The number of methoxy groups -OCH3 is 1. The van der Waals surface area contributed by atoms with Gasteiger partial charge in [-0.1, -0.05) is 18.2 Å². The molecule has 0 saturated carbocycles. The Morgan fingerprint density at radius 3 is 2.56 bits per heavy atom. The van der Waals surface area contributed by atoms with Crippen LogP contribution in [-0.2, 0) is 0 Å². The first-order chi connectivity index (χ1) is 8.69. The van der Waals surface area contributed by atoms with E-state index in [1.54, 1.807) is 7.11 Å². The number of nitrogens with one attached hydrogen (secondary N) is 1. The smallest absolute Gasteiger partial charge is 0.214 e. The van der Waals surface area contributed by atoms with Crippen LogP contribution in [0.15, 0.2) is 42.5 Å². The molecule has 0 bridgehead atoms. The molecule has 3 N–H and O–H groups in total. The van der Waals surface area contributed by atoms with E-state index in [-0.39, 0.29) is 6.04 Å². The van der Waals surface area contributed by atoms with Crippen molar-refractivity contribution in [2.45, 2.75) is 13.0 Å². The number of nitrogen functional groups attached to an aromatic ring is 1. The summed E-state index contributed by atoms with van der Waals surface area (Å²) in [5, 5.41) is 3.32. The van der Waals surface area contributed by atoms with Crippen LogP contribution in [0.3, 0.4) is 0 Å². The lowest BCUT2D eigenvalue weighted by atomic mass is 10.1. The van der Waals surface area contributed by atoms with Gasteiger partial charge in [-0.25, -0.2) is 0 Å². The standard InChI is InChI=1S/C14H17N3O/c1-10(11-6-8-12(15)9-7-11)16-13-4-3-5-14(17-13)18-2/h3-10H,15H2,1-2H3,(H,16,17). The van der Waals surface area contributed by atoms with Gasteiger partial charge in [0.25, 0.3) is 0 Å². The third-order valence-corrected chi connectivity index (χ3v) is 2.73. The van der Waals surface area contributed by atoms with E-state index in [2.05, 4.69) is 17.2 Å². The average molecular weight is 243 g/mol. The third-order valence-electron chi connectivity index (χ3n) is 2.73. The lowest BCUT2D eigenvalue weighted by molar-refractivity contribution is 0.398. The Balaban J connectivity index is 2.10. The number of hydrogen-bond acceptors (Lipinski definition) is 4. The van der Waals surface area contributed by atoms with Crippen LogP contribution in [0.1, 0.15) is 18.5 Å².